The summed E-state index contributed by atoms with van der Waals surface area (Å²) >= 11 is 0. The van der Waals surface area contributed by atoms with Crippen molar-refractivity contribution in [1.82, 2.24) is 14.8 Å². The predicted molar refractivity (Wildman–Crippen MR) is 106 cm³/mol. The van der Waals surface area contributed by atoms with Gasteiger partial charge in [-0.05, 0) is 48.7 Å². The summed E-state index contributed by atoms with van der Waals surface area (Å²) in [5.74, 6) is 0.905. The maximum atomic E-state index is 14.3. The second-order valence-electron chi connectivity index (χ2n) is 7.06. The fourth-order valence-electron chi connectivity index (χ4n) is 3.47. The Hall–Kier alpha value is -3.22. The molecule has 0 saturated carbocycles. The zero-order valence-corrected chi connectivity index (χ0v) is 15.5. The molecule has 6 nitrogen and oxygen atoms in total. The molecule has 2 aromatic carbocycles. The van der Waals surface area contributed by atoms with Gasteiger partial charge in [0.25, 0.3) is 0 Å². The van der Waals surface area contributed by atoms with Gasteiger partial charge in [-0.3, -0.25) is 4.79 Å². The lowest BCUT2D eigenvalue weighted by molar-refractivity contribution is -0.115. The molecule has 2 heterocycles. The van der Waals surface area contributed by atoms with E-state index in [9.17, 15) is 9.18 Å². The topological polar surface area (TPSA) is 85.8 Å². The van der Waals surface area contributed by atoms with Crippen LogP contribution in [0.3, 0.4) is 0 Å². The van der Waals surface area contributed by atoms with Crippen LogP contribution < -0.4 is 11.1 Å². The maximum Gasteiger partial charge on any atom is 0.228 e. The summed E-state index contributed by atoms with van der Waals surface area (Å²) in [5, 5.41) is 11.3. The van der Waals surface area contributed by atoms with Gasteiger partial charge in [-0.2, -0.15) is 0 Å². The average molecular weight is 379 g/mol. The first kappa shape index (κ1) is 18.2. The van der Waals surface area contributed by atoms with Crippen molar-refractivity contribution in [2.75, 3.05) is 11.1 Å². The van der Waals surface area contributed by atoms with Gasteiger partial charge in [-0.25, -0.2) is 4.39 Å². The molecule has 144 valence electrons. The highest BCUT2D eigenvalue weighted by molar-refractivity contribution is 5.93. The molecule has 4 rings (SSSR count). The Bertz CT molecular complexity index is 997. The molecule has 0 aliphatic carbocycles. The Morgan fingerprint density at radius 2 is 1.93 bits per heavy atom. The molecule has 1 amide bonds. The number of nitrogens with one attached hydrogen (secondary N) is 1. The van der Waals surface area contributed by atoms with Crippen LogP contribution in [-0.4, -0.2) is 20.7 Å². The van der Waals surface area contributed by atoms with Crippen molar-refractivity contribution in [3.8, 4) is 11.4 Å². The third-order valence-corrected chi connectivity index (χ3v) is 4.95. The van der Waals surface area contributed by atoms with Crippen LogP contribution in [0, 0.1) is 5.82 Å². The Balaban J connectivity index is 1.55. The van der Waals surface area contributed by atoms with Crippen molar-refractivity contribution >= 4 is 17.3 Å². The summed E-state index contributed by atoms with van der Waals surface area (Å²) in [6.07, 6.45) is 4.39. The van der Waals surface area contributed by atoms with Gasteiger partial charge in [0.15, 0.2) is 5.82 Å². The van der Waals surface area contributed by atoms with Gasteiger partial charge in [0, 0.05) is 24.2 Å². The molecule has 0 saturated heterocycles. The van der Waals surface area contributed by atoms with E-state index in [1.165, 1.54) is 12.5 Å². The van der Waals surface area contributed by atoms with Crippen LogP contribution in [0.2, 0.25) is 0 Å². The minimum absolute atomic E-state index is 0.143. The fourth-order valence-corrected chi connectivity index (χ4v) is 3.47. The number of halogens is 1. The molecular formula is C21H22FN5O. The van der Waals surface area contributed by atoms with Crippen LogP contribution in [0.5, 0.6) is 0 Å². The van der Waals surface area contributed by atoms with Gasteiger partial charge in [0.05, 0.1) is 12.1 Å². The fraction of sp³-hybridized carbons (Fsp3) is 0.286. The number of carbonyl (C=O) groups is 1. The van der Waals surface area contributed by atoms with E-state index in [4.69, 9.17) is 5.73 Å². The number of carbonyl (C=O) groups excluding carboxylic acids is 1. The van der Waals surface area contributed by atoms with E-state index in [0.29, 0.717) is 11.5 Å². The summed E-state index contributed by atoms with van der Waals surface area (Å²) in [6.45, 7) is 0.855. The molecule has 0 bridgehead atoms. The van der Waals surface area contributed by atoms with Gasteiger partial charge in [-0.15, -0.1) is 10.2 Å². The first-order valence-corrected chi connectivity index (χ1v) is 9.46. The zero-order chi connectivity index (χ0) is 19.5. The smallest absolute Gasteiger partial charge is 0.228 e. The van der Waals surface area contributed by atoms with Crippen molar-refractivity contribution in [3.63, 3.8) is 0 Å². The van der Waals surface area contributed by atoms with Gasteiger partial charge >= 0.3 is 0 Å². The van der Waals surface area contributed by atoms with Crippen molar-refractivity contribution in [1.29, 1.82) is 0 Å². The number of nitrogens with zero attached hydrogens (tertiary/aromatic N) is 3. The summed E-state index contributed by atoms with van der Waals surface area (Å²) < 4.78 is 16.4. The highest BCUT2D eigenvalue weighted by Gasteiger charge is 2.17. The lowest BCUT2D eigenvalue weighted by Gasteiger charge is -2.10. The van der Waals surface area contributed by atoms with Crippen LogP contribution >= 0.6 is 0 Å². The van der Waals surface area contributed by atoms with E-state index < -0.39 is 5.82 Å². The number of amides is 1. The molecule has 28 heavy (non-hydrogen) atoms. The number of aryl methyl sites for hydroxylation is 1. The first-order valence-electron chi connectivity index (χ1n) is 9.46. The zero-order valence-electron chi connectivity index (χ0n) is 15.5. The Morgan fingerprint density at radius 3 is 2.75 bits per heavy atom. The number of hydrogen-bond donors (Lipinski definition) is 2. The summed E-state index contributed by atoms with van der Waals surface area (Å²) in [4.78, 5) is 12.4. The lowest BCUT2D eigenvalue weighted by atomic mass is 10.1. The first-order chi connectivity index (χ1) is 13.6. The monoisotopic (exact) mass is 379 g/mol. The SMILES string of the molecule is Nc1ccc(CC(=O)Nc2cc(-c3nnc4n3CCCCC4)ccc2F)cc1. The standard InChI is InChI=1S/C21H22FN5O/c22-17-10-7-15(21-26-25-19-4-2-1-3-11-27(19)21)13-18(17)24-20(28)12-14-5-8-16(23)9-6-14/h5-10,13H,1-4,11-12,23H2,(H,24,28). The van der Waals surface area contributed by atoms with Crippen molar-refractivity contribution in [2.24, 2.45) is 0 Å². The molecule has 0 fully saturated rings. The van der Waals surface area contributed by atoms with Gasteiger partial charge in [0.1, 0.15) is 11.6 Å². The highest BCUT2D eigenvalue weighted by Crippen LogP contribution is 2.26. The van der Waals surface area contributed by atoms with Crippen molar-refractivity contribution in [3.05, 3.63) is 59.7 Å². The molecule has 0 atom stereocenters. The highest BCUT2D eigenvalue weighted by atomic mass is 19.1. The number of benzene rings is 2. The molecule has 0 spiro atoms. The molecule has 1 aliphatic heterocycles. The molecular weight excluding hydrogens is 357 g/mol. The summed E-state index contributed by atoms with van der Waals surface area (Å²) in [6, 6.07) is 11.7. The van der Waals surface area contributed by atoms with E-state index in [-0.39, 0.29) is 18.0 Å². The van der Waals surface area contributed by atoms with E-state index in [1.807, 2.05) is 0 Å². The van der Waals surface area contributed by atoms with Gasteiger partial charge in [0.2, 0.25) is 5.91 Å². The van der Waals surface area contributed by atoms with E-state index in [0.717, 1.165) is 42.8 Å². The number of aromatic nitrogens is 3. The lowest BCUT2D eigenvalue weighted by Crippen LogP contribution is -2.15. The average Bonchev–Trinajstić information content (AvgIpc) is 2.93. The van der Waals surface area contributed by atoms with Gasteiger partial charge < -0.3 is 15.6 Å². The minimum atomic E-state index is -0.481. The van der Waals surface area contributed by atoms with Crippen LogP contribution in [0.25, 0.3) is 11.4 Å². The Kier molecular flexibility index (Phi) is 5.06. The normalized spacial score (nSPS) is 13.6. The molecule has 7 heteroatoms. The molecule has 3 aromatic rings. The predicted octanol–water partition coefficient (Wildman–Crippen LogP) is 3.57. The second kappa shape index (κ2) is 7.80. The minimum Gasteiger partial charge on any atom is -0.399 e. The molecule has 1 aromatic heterocycles. The van der Waals surface area contributed by atoms with Crippen LogP contribution in [-0.2, 0) is 24.2 Å². The Labute approximate surface area is 162 Å². The molecule has 0 unspecified atom stereocenters. The molecule has 0 radical (unpaired) electrons. The van der Waals surface area contributed by atoms with Crippen LogP contribution in [0.15, 0.2) is 42.5 Å². The summed E-state index contributed by atoms with van der Waals surface area (Å²) in [7, 11) is 0. The number of fused-ring (bicyclic) bond motifs is 1. The van der Waals surface area contributed by atoms with E-state index >= 15 is 0 Å². The number of hydrogen-bond acceptors (Lipinski definition) is 4. The molecule has 3 N–H and O–H groups in total. The quantitative estimate of drug-likeness (QED) is 0.679. The van der Waals surface area contributed by atoms with Crippen molar-refractivity contribution in [2.45, 2.75) is 38.6 Å². The van der Waals surface area contributed by atoms with Crippen LogP contribution in [0.4, 0.5) is 15.8 Å². The third kappa shape index (κ3) is 3.88. The number of rotatable bonds is 4. The van der Waals surface area contributed by atoms with Crippen LogP contribution in [0.1, 0.15) is 30.7 Å². The van der Waals surface area contributed by atoms with E-state index in [2.05, 4.69) is 20.1 Å². The van der Waals surface area contributed by atoms with E-state index in [1.54, 1.807) is 36.4 Å². The maximum absolute atomic E-state index is 14.3. The van der Waals surface area contributed by atoms with Gasteiger partial charge in [-0.1, -0.05) is 18.6 Å². The number of nitrogen functional groups attached to an aromatic ring is 1. The number of nitrogens with two attached hydrogens (primary N) is 1. The van der Waals surface area contributed by atoms with Crippen molar-refractivity contribution < 1.29 is 9.18 Å². The summed E-state index contributed by atoms with van der Waals surface area (Å²) in [5.41, 5.74) is 7.99. The molecule has 1 aliphatic rings. The Morgan fingerprint density at radius 1 is 1.11 bits per heavy atom. The second-order valence-corrected chi connectivity index (χ2v) is 7.06. The third-order valence-electron chi connectivity index (χ3n) is 4.95. The largest absolute Gasteiger partial charge is 0.399 e. The number of anilines is 2.